The van der Waals surface area contributed by atoms with E-state index in [1.807, 2.05) is 30.5 Å². The van der Waals surface area contributed by atoms with Gasteiger partial charge in [-0.15, -0.1) is 0 Å². The van der Waals surface area contributed by atoms with Crippen molar-refractivity contribution in [3.05, 3.63) is 54.4 Å². The predicted octanol–water partition coefficient (Wildman–Crippen LogP) is 4.36. The topological polar surface area (TPSA) is 57.8 Å². The molecule has 2 heterocycles. The van der Waals surface area contributed by atoms with E-state index in [0.29, 0.717) is 5.69 Å². The highest BCUT2D eigenvalue weighted by molar-refractivity contribution is 8.00. The van der Waals surface area contributed by atoms with Crippen LogP contribution in [0.15, 0.2) is 53.8 Å². The van der Waals surface area contributed by atoms with Crippen LogP contribution in [0.25, 0.3) is 10.9 Å². The molecule has 2 N–H and O–H groups in total. The number of amides is 1. The van der Waals surface area contributed by atoms with Gasteiger partial charge in [0.2, 0.25) is 5.91 Å². The van der Waals surface area contributed by atoms with E-state index in [0.717, 1.165) is 16.5 Å². The van der Waals surface area contributed by atoms with Crippen LogP contribution in [0, 0.1) is 0 Å². The molecule has 2 aromatic heterocycles. The Morgan fingerprint density at radius 3 is 2.75 bits per heavy atom. The number of hydrogen-bond acceptors (Lipinski definition) is 3. The monoisotopic (exact) mass is 351 g/mol. The maximum Gasteiger partial charge on any atom is 0.447 e. The minimum atomic E-state index is -4.38. The molecule has 0 spiro atoms. The van der Waals surface area contributed by atoms with Crippen LogP contribution < -0.4 is 5.32 Å². The van der Waals surface area contributed by atoms with Crippen molar-refractivity contribution < 1.29 is 18.0 Å². The highest BCUT2D eigenvalue weighted by Gasteiger charge is 2.29. The first kappa shape index (κ1) is 16.4. The number of halogens is 3. The average molecular weight is 351 g/mol. The SMILES string of the molecule is O=C(Cc1ccc2[nH]ccc2c1)Nc1ccc(SC(F)(F)F)nc1. The van der Waals surface area contributed by atoms with E-state index >= 15 is 0 Å². The lowest BCUT2D eigenvalue weighted by atomic mass is 10.1. The summed E-state index contributed by atoms with van der Waals surface area (Å²) in [4.78, 5) is 18.8. The van der Waals surface area contributed by atoms with Crippen molar-refractivity contribution in [2.45, 2.75) is 17.0 Å². The summed E-state index contributed by atoms with van der Waals surface area (Å²) >= 11 is -0.294. The molecule has 4 nitrogen and oxygen atoms in total. The predicted molar refractivity (Wildman–Crippen MR) is 86.8 cm³/mol. The number of alkyl halides is 3. The third-order valence-electron chi connectivity index (χ3n) is 3.22. The molecule has 0 saturated carbocycles. The van der Waals surface area contributed by atoms with Crippen LogP contribution in [0.3, 0.4) is 0 Å². The van der Waals surface area contributed by atoms with Crippen LogP contribution in [-0.2, 0) is 11.2 Å². The normalized spacial score (nSPS) is 11.6. The summed E-state index contributed by atoms with van der Waals surface area (Å²) < 4.78 is 36.7. The van der Waals surface area contributed by atoms with E-state index in [9.17, 15) is 18.0 Å². The highest BCUT2D eigenvalue weighted by atomic mass is 32.2. The van der Waals surface area contributed by atoms with Crippen molar-refractivity contribution in [3.63, 3.8) is 0 Å². The number of H-pyrrole nitrogens is 1. The Labute approximate surface area is 139 Å². The molecule has 0 bridgehead atoms. The van der Waals surface area contributed by atoms with Crippen molar-refractivity contribution in [1.29, 1.82) is 0 Å². The summed E-state index contributed by atoms with van der Waals surface area (Å²) in [5.41, 5.74) is -2.19. The number of aromatic nitrogens is 2. The molecule has 124 valence electrons. The van der Waals surface area contributed by atoms with E-state index in [2.05, 4.69) is 15.3 Å². The molecule has 0 unspecified atom stereocenters. The van der Waals surface area contributed by atoms with Gasteiger partial charge in [0.05, 0.1) is 18.3 Å². The zero-order valence-electron chi connectivity index (χ0n) is 12.2. The number of fused-ring (bicyclic) bond motifs is 1. The van der Waals surface area contributed by atoms with E-state index in [1.165, 1.54) is 18.3 Å². The Kier molecular flexibility index (Phi) is 4.48. The van der Waals surface area contributed by atoms with Gasteiger partial charge in [-0.1, -0.05) is 6.07 Å². The lowest BCUT2D eigenvalue weighted by Gasteiger charge is -2.07. The van der Waals surface area contributed by atoms with Gasteiger partial charge in [-0.05, 0) is 41.3 Å². The molecule has 1 aromatic carbocycles. The van der Waals surface area contributed by atoms with Gasteiger partial charge >= 0.3 is 5.51 Å². The van der Waals surface area contributed by atoms with Crippen LogP contribution >= 0.6 is 11.8 Å². The fraction of sp³-hybridized carbons (Fsp3) is 0.125. The maximum absolute atomic E-state index is 12.2. The molecule has 8 heteroatoms. The second-order valence-electron chi connectivity index (χ2n) is 5.06. The molecular weight excluding hydrogens is 339 g/mol. The number of benzene rings is 1. The second-order valence-corrected chi connectivity index (χ2v) is 6.14. The number of hydrogen-bond donors (Lipinski definition) is 2. The molecule has 0 saturated heterocycles. The maximum atomic E-state index is 12.2. The van der Waals surface area contributed by atoms with E-state index < -0.39 is 5.51 Å². The molecule has 1 amide bonds. The summed E-state index contributed by atoms with van der Waals surface area (Å²) in [5.74, 6) is -0.261. The molecule has 0 fully saturated rings. The van der Waals surface area contributed by atoms with E-state index in [1.54, 1.807) is 0 Å². The molecule has 3 rings (SSSR count). The van der Waals surface area contributed by atoms with Crippen molar-refractivity contribution >= 4 is 34.3 Å². The van der Waals surface area contributed by atoms with Crippen LogP contribution in [0.1, 0.15) is 5.56 Å². The molecule has 0 atom stereocenters. The average Bonchev–Trinajstić information content (AvgIpc) is 2.95. The summed E-state index contributed by atoms with van der Waals surface area (Å²) in [5, 5.41) is 3.46. The van der Waals surface area contributed by atoms with Gasteiger partial charge in [-0.3, -0.25) is 4.79 Å². The van der Waals surface area contributed by atoms with Crippen molar-refractivity contribution in [1.82, 2.24) is 9.97 Å². The summed E-state index contributed by atoms with van der Waals surface area (Å²) in [6.07, 6.45) is 3.20. The van der Waals surface area contributed by atoms with Crippen molar-refractivity contribution in [3.8, 4) is 0 Å². The zero-order chi connectivity index (χ0) is 17.2. The van der Waals surface area contributed by atoms with Crippen molar-refractivity contribution in [2.24, 2.45) is 0 Å². The summed E-state index contributed by atoms with van der Waals surface area (Å²) in [6, 6.07) is 10.2. The molecule has 0 aliphatic heterocycles. The number of anilines is 1. The van der Waals surface area contributed by atoms with Gasteiger partial charge < -0.3 is 10.3 Å². The van der Waals surface area contributed by atoms with Crippen LogP contribution in [0.2, 0.25) is 0 Å². The molecule has 0 aliphatic rings. The number of carbonyl (C=O) groups is 1. The van der Waals surface area contributed by atoms with Gasteiger partial charge in [0.15, 0.2) is 0 Å². The Hall–Kier alpha value is -2.48. The van der Waals surface area contributed by atoms with Gasteiger partial charge in [0.1, 0.15) is 5.03 Å². The largest absolute Gasteiger partial charge is 0.447 e. The first-order valence-corrected chi connectivity index (χ1v) is 7.78. The smallest absolute Gasteiger partial charge is 0.361 e. The summed E-state index contributed by atoms with van der Waals surface area (Å²) in [6.45, 7) is 0. The fourth-order valence-electron chi connectivity index (χ4n) is 2.24. The second kappa shape index (κ2) is 6.56. The molecule has 3 aromatic rings. The van der Waals surface area contributed by atoms with Gasteiger partial charge in [-0.25, -0.2) is 4.98 Å². The number of rotatable bonds is 4. The van der Waals surface area contributed by atoms with Crippen LogP contribution in [-0.4, -0.2) is 21.4 Å². The van der Waals surface area contributed by atoms with E-state index in [4.69, 9.17) is 0 Å². The molecule has 0 aliphatic carbocycles. The minimum absolute atomic E-state index is 0.167. The van der Waals surface area contributed by atoms with Gasteiger partial charge in [0.25, 0.3) is 0 Å². The van der Waals surface area contributed by atoms with Crippen molar-refractivity contribution in [2.75, 3.05) is 5.32 Å². The van der Waals surface area contributed by atoms with Gasteiger partial charge in [-0.2, -0.15) is 13.2 Å². The van der Waals surface area contributed by atoms with Gasteiger partial charge in [0, 0.05) is 23.5 Å². The number of carbonyl (C=O) groups excluding carboxylic acids is 1. The minimum Gasteiger partial charge on any atom is -0.361 e. The molecule has 24 heavy (non-hydrogen) atoms. The van der Waals surface area contributed by atoms with Crippen LogP contribution in [0.5, 0.6) is 0 Å². The van der Waals surface area contributed by atoms with Crippen LogP contribution in [0.4, 0.5) is 18.9 Å². The fourth-order valence-corrected chi connectivity index (χ4v) is 2.72. The highest BCUT2D eigenvalue weighted by Crippen LogP contribution is 2.35. The third-order valence-corrected chi connectivity index (χ3v) is 3.90. The quantitative estimate of drug-likeness (QED) is 0.687. The Morgan fingerprint density at radius 1 is 1.21 bits per heavy atom. The van der Waals surface area contributed by atoms with E-state index in [-0.39, 0.29) is 29.1 Å². The lowest BCUT2D eigenvalue weighted by Crippen LogP contribution is -2.14. The number of thioether (sulfide) groups is 1. The number of pyridine rings is 1. The number of nitrogens with one attached hydrogen (secondary N) is 2. The Balaban J connectivity index is 1.61. The standard InChI is InChI=1S/C16H12F3N3OS/c17-16(18,19)24-15-4-2-12(9-21-15)22-14(23)8-10-1-3-13-11(7-10)5-6-20-13/h1-7,9,20H,8H2,(H,22,23). The third kappa shape index (κ3) is 4.29. The lowest BCUT2D eigenvalue weighted by molar-refractivity contribution is -0.115. The Morgan fingerprint density at radius 2 is 2.04 bits per heavy atom. The zero-order valence-corrected chi connectivity index (χ0v) is 13.0. The number of nitrogens with zero attached hydrogens (tertiary/aromatic N) is 1. The Bertz CT molecular complexity index is 859. The summed E-state index contributed by atoms with van der Waals surface area (Å²) in [7, 11) is 0. The first-order chi connectivity index (χ1) is 11.4. The number of aromatic amines is 1. The molecule has 0 radical (unpaired) electrons. The first-order valence-electron chi connectivity index (χ1n) is 6.97. The molecular formula is C16H12F3N3OS.